The fourth-order valence-electron chi connectivity index (χ4n) is 9.51. The van der Waals surface area contributed by atoms with Gasteiger partial charge >= 0.3 is 11.9 Å². The number of nitrogens with zero attached hydrogens (tertiary/aromatic N) is 1. The van der Waals surface area contributed by atoms with E-state index >= 15 is 0 Å². The molecule has 0 saturated carbocycles. The first kappa shape index (κ1) is 88.8. The second-order valence-corrected chi connectivity index (χ2v) is 26.6. The number of esters is 2. The Kier molecular flexibility index (Phi) is 68.2. The molecule has 0 aliphatic heterocycles. The van der Waals surface area contributed by atoms with Crippen molar-refractivity contribution in [2.45, 2.75) is 277 Å². The zero-order valence-electron chi connectivity index (χ0n) is 60.3. The van der Waals surface area contributed by atoms with Crippen LogP contribution in [0.3, 0.4) is 0 Å². The minimum absolute atomic E-state index is 0.0470. The van der Waals surface area contributed by atoms with Crippen LogP contribution in [0.25, 0.3) is 0 Å². The van der Waals surface area contributed by atoms with E-state index in [4.69, 9.17) is 18.5 Å². The molecule has 0 N–H and O–H groups in total. The van der Waals surface area contributed by atoms with Crippen molar-refractivity contribution in [3.8, 4) is 0 Å². The second-order valence-electron chi connectivity index (χ2n) is 25.2. The van der Waals surface area contributed by atoms with Gasteiger partial charge in [-0.15, -0.1) is 0 Å². The van der Waals surface area contributed by atoms with Crippen LogP contribution in [-0.4, -0.2) is 70.0 Å². The highest BCUT2D eigenvalue weighted by Crippen LogP contribution is 2.38. The molecular weight excluding hydrogens is 1180 g/mol. The molecule has 9 nitrogen and oxygen atoms in total. The van der Waals surface area contributed by atoms with E-state index in [1.54, 1.807) is 0 Å². The highest BCUT2D eigenvalue weighted by Gasteiger charge is 2.22. The molecule has 0 aliphatic carbocycles. The lowest BCUT2D eigenvalue weighted by molar-refractivity contribution is -0.870. The predicted octanol–water partition coefficient (Wildman–Crippen LogP) is 24.2. The summed E-state index contributed by atoms with van der Waals surface area (Å²) in [5.41, 5.74) is 0. The number of phosphoric ester groups is 1. The van der Waals surface area contributed by atoms with Crippen molar-refractivity contribution in [2.75, 3.05) is 47.5 Å². The minimum atomic E-state index is -4.67. The molecule has 0 spiro atoms. The maximum Gasteiger partial charge on any atom is 0.306 e. The average Bonchev–Trinajstić information content (AvgIpc) is 1.56. The molecular formula is C84H136NO8P. The number of likely N-dealkylation sites (N-methyl/N-ethyl adjacent to an activating group) is 1. The van der Waals surface area contributed by atoms with Crippen molar-refractivity contribution >= 4 is 19.8 Å². The maximum atomic E-state index is 12.9. The van der Waals surface area contributed by atoms with Crippen LogP contribution >= 0.6 is 7.82 Å². The van der Waals surface area contributed by atoms with E-state index in [1.165, 1.54) is 96.3 Å². The third-order valence-corrected chi connectivity index (χ3v) is 16.1. The molecule has 0 aromatic rings. The molecule has 0 aromatic carbocycles. The summed E-state index contributed by atoms with van der Waals surface area (Å²) in [7, 11) is 1.12. The van der Waals surface area contributed by atoms with Gasteiger partial charge in [-0.2, -0.15) is 0 Å². The third kappa shape index (κ3) is 75.9. The molecule has 0 amide bonds. The molecule has 0 aliphatic rings. The van der Waals surface area contributed by atoms with Gasteiger partial charge in [0.25, 0.3) is 7.82 Å². The lowest BCUT2D eigenvalue weighted by Crippen LogP contribution is -2.37. The van der Waals surface area contributed by atoms with E-state index in [0.29, 0.717) is 17.4 Å². The molecule has 2 atom stereocenters. The Balaban J connectivity index is 4.15. The molecule has 0 rings (SSSR count). The summed E-state index contributed by atoms with van der Waals surface area (Å²) < 4.78 is 34.3. The summed E-state index contributed by atoms with van der Waals surface area (Å²) in [6.45, 7) is 3.96. The number of quaternary nitrogens is 1. The Morgan fingerprint density at radius 1 is 0.330 bits per heavy atom. The number of carbonyl (C=O) groups excluding carboxylic acids is 2. The molecule has 2 unspecified atom stereocenters. The summed E-state index contributed by atoms with van der Waals surface area (Å²) in [4.78, 5) is 38.1. The SMILES string of the molecule is CC/C=C\C/C=C\C/C=C\C/C=C\C/C=C\C/C=C\C/C=C\C/C=C\C/C=C\C/C=C\C/C=C\CCCCCC(=O)OC(COC(=O)CCCCCCCCCCCCCCCCCCC/C=C\C/C=C\C/C=C\C/C=C\C/C=C\CC)COP(=O)([O-])OCC[N+](C)(C)C. The largest absolute Gasteiger partial charge is 0.756 e. The average molecular weight is 1320 g/mol. The number of ether oxygens (including phenoxy) is 2. The number of unbranched alkanes of at least 4 members (excludes halogenated alkanes) is 20. The van der Waals surface area contributed by atoms with Crippen molar-refractivity contribution in [1.29, 1.82) is 0 Å². The molecule has 0 fully saturated rings. The monoisotopic (exact) mass is 1320 g/mol. The third-order valence-electron chi connectivity index (χ3n) is 15.1. The van der Waals surface area contributed by atoms with Gasteiger partial charge in [-0.05, 0) is 141 Å². The van der Waals surface area contributed by atoms with E-state index in [-0.39, 0.29) is 26.1 Å². The lowest BCUT2D eigenvalue weighted by atomic mass is 10.0. The summed E-state index contributed by atoms with van der Waals surface area (Å²) in [5, 5.41) is 0. The molecule has 0 aromatic heterocycles. The highest BCUT2D eigenvalue weighted by molar-refractivity contribution is 7.45. The fraction of sp³-hybridized carbons (Fsp3) is 0.595. The smallest absolute Gasteiger partial charge is 0.306 e. The van der Waals surface area contributed by atoms with Crippen LogP contribution in [0.1, 0.15) is 271 Å². The van der Waals surface area contributed by atoms with Crippen LogP contribution in [0.2, 0.25) is 0 Å². The summed E-state index contributed by atoms with van der Waals surface area (Å²) >= 11 is 0. The summed E-state index contributed by atoms with van der Waals surface area (Å²) in [6.07, 6.45) is 112. The van der Waals surface area contributed by atoms with Crippen molar-refractivity contribution in [1.82, 2.24) is 0 Å². The Morgan fingerprint density at radius 3 is 0.862 bits per heavy atom. The predicted molar refractivity (Wildman–Crippen MR) is 406 cm³/mol. The molecule has 10 heteroatoms. The quantitative estimate of drug-likeness (QED) is 0.0195. The molecule has 0 radical (unpaired) electrons. The van der Waals surface area contributed by atoms with Gasteiger partial charge in [0.2, 0.25) is 0 Å². The van der Waals surface area contributed by atoms with Gasteiger partial charge in [-0.3, -0.25) is 14.2 Å². The van der Waals surface area contributed by atoms with Crippen LogP contribution in [0.15, 0.2) is 194 Å². The minimum Gasteiger partial charge on any atom is -0.756 e. The van der Waals surface area contributed by atoms with E-state index in [0.717, 1.165) is 141 Å². The van der Waals surface area contributed by atoms with Crippen molar-refractivity contribution in [3.63, 3.8) is 0 Å². The van der Waals surface area contributed by atoms with E-state index < -0.39 is 32.5 Å². The van der Waals surface area contributed by atoms with E-state index in [1.807, 2.05) is 21.1 Å². The number of allylic oxidation sites excluding steroid dienone is 32. The van der Waals surface area contributed by atoms with Gasteiger partial charge in [0, 0.05) is 12.8 Å². The normalized spacial score (nSPS) is 14.2. The van der Waals surface area contributed by atoms with Crippen molar-refractivity contribution in [3.05, 3.63) is 194 Å². The zero-order chi connectivity index (χ0) is 68.3. The number of hydrogen-bond acceptors (Lipinski definition) is 8. The topological polar surface area (TPSA) is 111 Å². The molecule has 94 heavy (non-hydrogen) atoms. The number of rotatable bonds is 66. The zero-order valence-corrected chi connectivity index (χ0v) is 61.2. The van der Waals surface area contributed by atoms with Gasteiger partial charge in [-0.25, -0.2) is 0 Å². The Morgan fingerprint density at radius 2 is 0.574 bits per heavy atom. The standard InChI is InChI=1S/C84H136NO8P/c1-6-8-10-12-14-16-18-20-22-24-26-28-30-32-34-36-38-40-41-42-43-45-47-49-51-53-55-57-59-61-63-65-67-69-71-73-75-77-84(87)93-82(81-92-94(88,89)91-79-78-85(3,4)5)80-90-83(86)76-74-72-70-68-66-64-62-60-58-56-54-52-50-48-46-44-39-37-35-33-31-29-27-25-23-21-19-17-15-13-11-9-7-2/h8-11,14-17,20-23,26-29,32-35,38,40,42-43,47,49,53,55,59,61,65,67,82H,6-7,12-13,18-19,24-25,30-31,36-37,39,41,44-46,48,50-52,54,56-58,60,62-64,66,68-81H2,1-5H3/b10-8-,11-9-,16-14-,17-15-,22-20-,23-21-,28-26-,29-27-,34-32-,35-33-,40-38-,43-42-,49-47-,55-53-,61-59-,67-65-. The molecule has 0 saturated heterocycles. The molecule has 0 bridgehead atoms. The Bertz CT molecular complexity index is 2290. The first-order chi connectivity index (χ1) is 46.0. The van der Waals surface area contributed by atoms with Gasteiger partial charge in [0.15, 0.2) is 6.10 Å². The fourth-order valence-corrected chi connectivity index (χ4v) is 10.2. The number of hydrogen-bond donors (Lipinski definition) is 0. The van der Waals surface area contributed by atoms with Gasteiger partial charge < -0.3 is 27.9 Å². The van der Waals surface area contributed by atoms with Crippen LogP contribution in [0.4, 0.5) is 0 Å². The van der Waals surface area contributed by atoms with E-state index in [2.05, 4.69) is 208 Å². The lowest BCUT2D eigenvalue weighted by Gasteiger charge is -2.28. The van der Waals surface area contributed by atoms with Crippen LogP contribution in [0.5, 0.6) is 0 Å². The second kappa shape index (κ2) is 72.1. The maximum absolute atomic E-state index is 12.9. The van der Waals surface area contributed by atoms with Crippen molar-refractivity contribution in [2.24, 2.45) is 0 Å². The molecule has 0 heterocycles. The van der Waals surface area contributed by atoms with Crippen LogP contribution in [-0.2, 0) is 32.7 Å². The van der Waals surface area contributed by atoms with Crippen LogP contribution in [0, 0.1) is 0 Å². The van der Waals surface area contributed by atoms with Gasteiger partial charge in [-0.1, -0.05) is 311 Å². The van der Waals surface area contributed by atoms with Gasteiger partial charge in [0.1, 0.15) is 19.8 Å². The molecule has 530 valence electrons. The first-order valence-corrected chi connectivity index (χ1v) is 38.6. The van der Waals surface area contributed by atoms with Gasteiger partial charge in [0.05, 0.1) is 27.7 Å². The highest BCUT2D eigenvalue weighted by atomic mass is 31.2. The summed E-state index contributed by atoms with van der Waals surface area (Å²) in [5.74, 6) is -0.880. The van der Waals surface area contributed by atoms with E-state index in [9.17, 15) is 19.0 Å². The number of carbonyl (C=O) groups is 2. The van der Waals surface area contributed by atoms with Crippen molar-refractivity contribution < 1.29 is 42.1 Å². The number of phosphoric acid groups is 1. The Labute approximate surface area is 577 Å². The van der Waals surface area contributed by atoms with Crippen LogP contribution < -0.4 is 4.89 Å². The summed E-state index contributed by atoms with van der Waals surface area (Å²) in [6, 6.07) is 0. The Hall–Kier alpha value is -5.15. The first-order valence-electron chi connectivity index (χ1n) is 37.1.